The van der Waals surface area contributed by atoms with Crippen molar-refractivity contribution in [1.82, 2.24) is 15.1 Å². The molecule has 1 aliphatic heterocycles. The fraction of sp³-hybridized carbons (Fsp3) is 0.652. The molecule has 1 aliphatic carbocycles. The highest BCUT2D eigenvalue weighted by Gasteiger charge is 2.37. The molecule has 1 atom stereocenters. The Kier molecular flexibility index (Phi) is 7.64. The fourth-order valence-electron chi connectivity index (χ4n) is 4.69. The summed E-state index contributed by atoms with van der Waals surface area (Å²) in [6.45, 7) is 8.81. The Morgan fingerprint density at radius 2 is 1.81 bits per heavy atom. The van der Waals surface area contributed by atoms with E-state index in [1.54, 1.807) is 24.0 Å². The summed E-state index contributed by atoms with van der Waals surface area (Å²) in [5.74, 6) is 0.689. The zero-order valence-corrected chi connectivity index (χ0v) is 18.8. The molecular weight excluding hydrogens is 396 g/mol. The lowest BCUT2D eigenvalue weighted by atomic mass is 9.94. The summed E-state index contributed by atoms with van der Waals surface area (Å²) >= 11 is 0. The van der Waals surface area contributed by atoms with E-state index < -0.39 is 4.92 Å². The number of carbonyl (C=O) groups excluding carboxylic acids is 2. The van der Waals surface area contributed by atoms with Crippen LogP contribution in [0, 0.1) is 28.9 Å². The summed E-state index contributed by atoms with van der Waals surface area (Å²) < 4.78 is 0. The molecule has 1 aromatic carbocycles. The number of carbonyl (C=O) groups is 2. The summed E-state index contributed by atoms with van der Waals surface area (Å²) in [6, 6.07) is 4.50. The third-order valence-electron chi connectivity index (χ3n) is 6.45. The van der Waals surface area contributed by atoms with Gasteiger partial charge in [0.2, 0.25) is 5.91 Å². The summed E-state index contributed by atoms with van der Waals surface area (Å²) in [5.41, 5.74) is 0.846. The Bertz CT molecular complexity index is 812. The fourth-order valence-corrected chi connectivity index (χ4v) is 4.69. The lowest BCUT2D eigenvalue weighted by molar-refractivity contribution is -0.385. The molecule has 31 heavy (non-hydrogen) atoms. The Morgan fingerprint density at radius 1 is 1.16 bits per heavy atom. The topological polar surface area (TPSA) is 95.8 Å². The van der Waals surface area contributed by atoms with Crippen LogP contribution >= 0.6 is 0 Å². The minimum Gasteiger partial charge on any atom is -0.354 e. The van der Waals surface area contributed by atoms with Gasteiger partial charge in [-0.05, 0) is 37.7 Å². The number of hydrogen-bond acceptors (Lipinski definition) is 5. The standard InChI is InChI=1S/C23H34N4O4/c1-16(2)15-24-22(28)21(18-6-4-5-7-18)25-10-12-26(13-11-25)23(29)19-9-8-17(3)20(14-19)27(30)31/h8-9,14,16,18,21H,4-7,10-13,15H2,1-3H3,(H,24,28). The number of piperazine rings is 1. The molecule has 2 fully saturated rings. The second-order valence-electron chi connectivity index (χ2n) is 9.21. The first kappa shape index (κ1) is 23.2. The highest BCUT2D eigenvalue weighted by atomic mass is 16.6. The smallest absolute Gasteiger partial charge is 0.273 e. The van der Waals surface area contributed by atoms with Crippen molar-refractivity contribution in [2.45, 2.75) is 52.5 Å². The summed E-state index contributed by atoms with van der Waals surface area (Å²) in [5, 5.41) is 14.3. The lowest BCUT2D eigenvalue weighted by Gasteiger charge is -2.40. The van der Waals surface area contributed by atoms with Crippen molar-refractivity contribution in [3.63, 3.8) is 0 Å². The first-order valence-corrected chi connectivity index (χ1v) is 11.3. The number of nitro groups is 1. The zero-order chi connectivity index (χ0) is 22.5. The highest BCUT2D eigenvalue weighted by molar-refractivity contribution is 5.95. The van der Waals surface area contributed by atoms with Gasteiger partial charge in [-0.1, -0.05) is 32.8 Å². The molecule has 1 aromatic rings. The van der Waals surface area contributed by atoms with Crippen molar-refractivity contribution in [2.75, 3.05) is 32.7 Å². The van der Waals surface area contributed by atoms with Crippen LogP contribution in [0.4, 0.5) is 5.69 Å². The third kappa shape index (κ3) is 5.61. The number of nitro benzene ring substituents is 1. The van der Waals surface area contributed by atoms with E-state index in [4.69, 9.17) is 0 Å². The number of benzene rings is 1. The molecule has 2 amide bonds. The predicted octanol–water partition coefficient (Wildman–Crippen LogP) is 2.99. The Hall–Kier alpha value is -2.48. The first-order valence-electron chi connectivity index (χ1n) is 11.3. The molecule has 0 spiro atoms. The molecule has 8 nitrogen and oxygen atoms in total. The number of amides is 2. The maximum atomic E-state index is 13.0. The zero-order valence-electron chi connectivity index (χ0n) is 18.8. The molecule has 0 bridgehead atoms. The minimum atomic E-state index is -0.452. The Labute approximate surface area is 184 Å². The van der Waals surface area contributed by atoms with Crippen LogP contribution in [0.15, 0.2) is 18.2 Å². The number of nitrogens with zero attached hydrogens (tertiary/aromatic N) is 3. The Balaban J connectivity index is 1.66. The van der Waals surface area contributed by atoms with E-state index in [-0.39, 0.29) is 23.5 Å². The third-order valence-corrected chi connectivity index (χ3v) is 6.45. The summed E-state index contributed by atoms with van der Waals surface area (Å²) in [4.78, 5) is 40.7. The number of nitrogens with one attached hydrogen (secondary N) is 1. The van der Waals surface area contributed by atoms with Gasteiger partial charge in [0.05, 0.1) is 11.0 Å². The van der Waals surface area contributed by atoms with Crippen LogP contribution in [0.25, 0.3) is 0 Å². The van der Waals surface area contributed by atoms with Crippen molar-refractivity contribution in [1.29, 1.82) is 0 Å². The average Bonchev–Trinajstić information content (AvgIpc) is 3.27. The van der Waals surface area contributed by atoms with Crippen LogP contribution < -0.4 is 5.32 Å². The van der Waals surface area contributed by atoms with Crippen LogP contribution in [-0.2, 0) is 4.79 Å². The van der Waals surface area contributed by atoms with Crippen LogP contribution in [0.5, 0.6) is 0 Å². The number of rotatable bonds is 7. The summed E-state index contributed by atoms with van der Waals surface area (Å²) in [6.07, 6.45) is 4.49. The molecule has 1 saturated carbocycles. The van der Waals surface area contributed by atoms with E-state index in [9.17, 15) is 19.7 Å². The van der Waals surface area contributed by atoms with Gasteiger partial charge in [0, 0.05) is 49.9 Å². The van der Waals surface area contributed by atoms with E-state index in [2.05, 4.69) is 24.1 Å². The van der Waals surface area contributed by atoms with Crippen LogP contribution in [0.3, 0.4) is 0 Å². The maximum absolute atomic E-state index is 13.0. The molecule has 2 aliphatic rings. The lowest BCUT2D eigenvalue weighted by Crippen LogP contribution is -2.58. The molecule has 0 aromatic heterocycles. The van der Waals surface area contributed by atoms with Gasteiger partial charge in [-0.15, -0.1) is 0 Å². The van der Waals surface area contributed by atoms with Crippen LogP contribution in [0.2, 0.25) is 0 Å². The molecule has 0 radical (unpaired) electrons. The van der Waals surface area contributed by atoms with E-state index >= 15 is 0 Å². The van der Waals surface area contributed by atoms with E-state index in [0.29, 0.717) is 55.7 Å². The SMILES string of the molecule is Cc1ccc(C(=O)N2CCN(C(C(=O)NCC(C)C)C3CCCC3)CC2)cc1[N+](=O)[O-]. The van der Waals surface area contributed by atoms with Crippen molar-refractivity contribution in [3.05, 3.63) is 39.4 Å². The number of aryl methyl sites for hydroxylation is 1. The molecule has 170 valence electrons. The van der Waals surface area contributed by atoms with Crippen LogP contribution in [-0.4, -0.2) is 65.3 Å². The highest BCUT2D eigenvalue weighted by Crippen LogP contribution is 2.31. The Morgan fingerprint density at radius 3 is 2.39 bits per heavy atom. The van der Waals surface area contributed by atoms with Crippen LogP contribution in [0.1, 0.15) is 55.5 Å². The normalized spacial score (nSPS) is 18.9. The largest absolute Gasteiger partial charge is 0.354 e. The second kappa shape index (κ2) is 10.2. The molecular formula is C23H34N4O4. The van der Waals surface area contributed by atoms with Crippen molar-refractivity contribution >= 4 is 17.5 Å². The minimum absolute atomic E-state index is 0.0346. The monoisotopic (exact) mass is 430 g/mol. The van der Waals surface area contributed by atoms with Gasteiger partial charge in [-0.3, -0.25) is 24.6 Å². The summed E-state index contributed by atoms with van der Waals surface area (Å²) in [7, 11) is 0. The van der Waals surface area contributed by atoms with E-state index in [1.807, 2.05) is 0 Å². The van der Waals surface area contributed by atoms with Gasteiger partial charge in [-0.2, -0.15) is 0 Å². The van der Waals surface area contributed by atoms with Gasteiger partial charge in [-0.25, -0.2) is 0 Å². The van der Waals surface area contributed by atoms with Crippen molar-refractivity contribution < 1.29 is 14.5 Å². The van der Waals surface area contributed by atoms with Gasteiger partial charge < -0.3 is 10.2 Å². The molecule has 1 heterocycles. The van der Waals surface area contributed by atoms with Gasteiger partial charge in [0.15, 0.2) is 0 Å². The van der Waals surface area contributed by atoms with E-state index in [0.717, 1.165) is 12.8 Å². The average molecular weight is 431 g/mol. The van der Waals surface area contributed by atoms with Crippen molar-refractivity contribution in [3.8, 4) is 0 Å². The molecule has 1 unspecified atom stereocenters. The first-order chi connectivity index (χ1) is 14.8. The quantitative estimate of drug-likeness (QED) is 0.530. The van der Waals surface area contributed by atoms with Gasteiger partial charge in [0.25, 0.3) is 11.6 Å². The molecule has 3 rings (SSSR count). The molecule has 8 heteroatoms. The van der Waals surface area contributed by atoms with Gasteiger partial charge >= 0.3 is 0 Å². The number of hydrogen-bond donors (Lipinski definition) is 1. The van der Waals surface area contributed by atoms with E-state index in [1.165, 1.54) is 18.9 Å². The van der Waals surface area contributed by atoms with Gasteiger partial charge in [0.1, 0.15) is 0 Å². The molecule has 1 saturated heterocycles. The predicted molar refractivity (Wildman–Crippen MR) is 119 cm³/mol. The molecule has 1 N–H and O–H groups in total. The second-order valence-corrected chi connectivity index (χ2v) is 9.21. The van der Waals surface area contributed by atoms with Crippen molar-refractivity contribution in [2.24, 2.45) is 11.8 Å². The maximum Gasteiger partial charge on any atom is 0.273 e.